The summed E-state index contributed by atoms with van der Waals surface area (Å²) in [5, 5.41) is 10.4. The van der Waals surface area contributed by atoms with Gasteiger partial charge in [0, 0.05) is 18.6 Å². The maximum Gasteiger partial charge on any atom is 0.191 e. The van der Waals surface area contributed by atoms with Crippen LogP contribution in [-0.4, -0.2) is 26.6 Å². The Morgan fingerprint density at radius 1 is 0.966 bits per heavy atom. The van der Waals surface area contributed by atoms with Gasteiger partial charge in [-0.25, -0.2) is 0 Å². The van der Waals surface area contributed by atoms with Crippen LogP contribution in [0.3, 0.4) is 0 Å². The molecule has 29 heavy (non-hydrogen) atoms. The van der Waals surface area contributed by atoms with Gasteiger partial charge >= 0.3 is 0 Å². The standard InChI is InChI=1S/C26H44O2Si/c1-23(2,3)29(9,10)28-17-22-21(16-27)26(22,8)18-11-12-19-20(15-18)25(6,7)14-13-24(19,4)5/h11-12,15,21-22,27H,13-14,16-17H2,1-10H3/t21-,22?,26?/m0/s1. The minimum absolute atomic E-state index is 0.0177. The molecule has 3 heteroatoms. The van der Waals surface area contributed by atoms with Crippen LogP contribution in [-0.2, 0) is 20.7 Å². The second-order valence-electron chi connectivity index (χ2n) is 12.8. The number of fused-ring (bicyclic) bond motifs is 1. The average Bonchev–Trinajstić information content (AvgIpc) is 3.20. The molecule has 2 aliphatic carbocycles. The summed E-state index contributed by atoms with van der Waals surface area (Å²) in [6.07, 6.45) is 2.47. The molecule has 3 rings (SSSR count). The Hall–Kier alpha value is -0.643. The Labute approximate surface area is 180 Å². The normalized spacial score (nSPS) is 30.7. The zero-order chi connectivity index (χ0) is 22.0. The average molecular weight is 417 g/mol. The Bertz CT molecular complexity index is 771. The van der Waals surface area contributed by atoms with Gasteiger partial charge in [-0.1, -0.05) is 73.6 Å². The molecule has 1 N–H and O–H groups in total. The van der Waals surface area contributed by atoms with Crippen molar-refractivity contribution in [2.45, 2.75) is 103 Å². The lowest BCUT2D eigenvalue weighted by molar-refractivity contribution is 0.232. The lowest BCUT2D eigenvalue weighted by atomic mass is 9.62. The summed E-state index contributed by atoms with van der Waals surface area (Å²) in [7, 11) is -1.78. The monoisotopic (exact) mass is 416 g/mol. The van der Waals surface area contributed by atoms with Crippen LogP contribution < -0.4 is 0 Å². The van der Waals surface area contributed by atoms with E-state index in [0.29, 0.717) is 11.8 Å². The first-order valence-electron chi connectivity index (χ1n) is 11.5. The van der Waals surface area contributed by atoms with Gasteiger partial charge in [0.1, 0.15) is 0 Å². The van der Waals surface area contributed by atoms with Crippen molar-refractivity contribution < 1.29 is 9.53 Å². The van der Waals surface area contributed by atoms with Gasteiger partial charge in [0.15, 0.2) is 8.32 Å². The highest BCUT2D eigenvalue weighted by Gasteiger charge is 2.62. The van der Waals surface area contributed by atoms with Gasteiger partial charge in [0.2, 0.25) is 0 Å². The molecule has 1 fully saturated rings. The van der Waals surface area contributed by atoms with Gasteiger partial charge in [0.25, 0.3) is 0 Å². The third-order valence-electron chi connectivity index (χ3n) is 9.02. The predicted octanol–water partition coefficient (Wildman–Crippen LogP) is 6.55. The molecule has 1 aromatic carbocycles. The molecule has 1 aromatic rings. The number of aliphatic hydroxyl groups is 1. The molecule has 0 radical (unpaired) electrons. The first kappa shape index (κ1) is 23.0. The summed E-state index contributed by atoms with van der Waals surface area (Å²) < 4.78 is 6.58. The smallest absolute Gasteiger partial charge is 0.191 e. The van der Waals surface area contributed by atoms with E-state index in [0.717, 1.165) is 6.61 Å². The highest BCUT2D eigenvalue weighted by atomic mass is 28.4. The molecular weight excluding hydrogens is 372 g/mol. The molecule has 0 heterocycles. The molecule has 2 unspecified atom stereocenters. The van der Waals surface area contributed by atoms with Gasteiger partial charge in [0.05, 0.1) is 0 Å². The fourth-order valence-electron chi connectivity index (χ4n) is 5.17. The zero-order valence-electron chi connectivity index (χ0n) is 20.6. The van der Waals surface area contributed by atoms with E-state index >= 15 is 0 Å². The maximum absolute atomic E-state index is 10.1. The topological polar surface area (TPSA) is 29.5 Å². The first-order chi connectivity index (χ1) is 13.1. The number of aliphatic hydroxyl groups excluding tert-OH is 1. The first-order valence-corrected chi connectivity index (χ1v) is 14.4. The van der Waals surface area contributed by atoms with Crippen molar-refractivity contribution in [3.8, 4) is 0 Å². The molecule has 0 aliphatic heterocycles. The highest BCUT2D eigenvalue weighted by Crippen LogP contribution is 2.61. The second-order valence-corrected chi connectivity index (χ2v) is 17.6. The van der Waals surface area contributed by atoms with Crippen LogP contribution in [0.1, 0.15) is 84.9 Å². The van der Waals surface area contributed by atoms with E-state index in [9.17, 15) is 5.11 Å². The summed E-state index contributed by atoms with van der Waals surface area (Å²) >= 11 is 0. The summed E-state index contributed by atoms with van der Waals surface area (Å²) in [4.78, 5) is 0. The van der Waals surface area contributed by atoms with E-state index in [1.54, 1.807) is 0 Å². The minimum Gasteiger partial charge on any atom is -0.417 e. The van der Waals surface area contributed by atoms with E-state index in [1.165, 1.54) is 29.5 Å². The SMILES string of the molecule is CC1(C)CCC(C)(C)c2cc(C3(C)C(CO[Si](C)(C)C(C)(C)C)[C@@H]3CO)ccc21. The van der Waals surface area contributed by atoms with Crippen LogP contribution in [0.2, 0.25) is 18.1 Å². The molecule has 0 spiro atoms. The van der Waals surface area contributed by atoms with E-state index in [2.05, 4.69) is 86.7 Å². The Balaban J connectivity index is 1.90. The van der Waals surface area contributed by atoms with Crippen LogP contribution >= 0.6 is 0 Å². The van der Waals surface area contributed by atoms with E-state index in [4.69, 9.17) is 4.43 Å². The van der Waals surface area contributed by atoms with Gasteiger partial charge in [-0.05, 0) is 70.3 Å². The molecule has 0 saturated heterocycles. The van der Waals surface area contributed by atoms with E-state index in [1.807, 2.05) is 0 Å². The quantitative estimate of drug-likeness (QED) is 0.551. The minimum atomic E-state index is -1.78. The number of hydrogen-bond acceptors (Lipinski definition) is 2. The lowest BCUT2D eigenvalue weighted by Crippen LogP contribution is -2.41. The third-order valence-corrected chi connectivity index (χ3v) is 13.5. The molecule has 2 nitrogen and oxygen atoms in total. The van der Waals surface area contributed by atoms with Crippen LogP contribution in [0.5, 0.6) is 0 Å². The summed E-state index contributed by atoms with van der Waals surface area (Å²) in [6, 6.07) is 7.21. The molecular formula is C26H44O2Si. The summed E-state index contributed by atoms with van der Waals surface area (Å²) in [5.41, 5.74) is 4.90. The van der Waals surface area contributed by atoms with Crippen LogP contribution in [0, 0.1) is 11.8 Å². The summed E-state index contributed by atoms with van der Waals surface area (Å²) in [5.74, 6) is 0.699. The molecule has 1 saturated carbocycles. The van der Waals surface area contributed by atoms with Gasteiger partial charge in [-0.2, -0.15) is 0 Å². The third kappa shape index (κ3) is 3.76. The van der Waals surface area contributed by atoms with Crippen LogP contribution in [0.15, 0.2) is 18.2 Å². The fourth-order valence-corrected chi connectivity index (χ4v) is 6.20. The van der Waals surface area contributed by atoms with Crippen molar-refractivity contribution in [2.75, 3.05) is 13.2 Å². The Morgan fingerprint density at radius 3 is 2.03 bits per heavy atom. The van der Waals surface area contributed by atoms with Crippen molar-refractivity contribution in [1.82, 2.24) is 0 Å². The fraction of sp³-hybridized carbons (Fsp3) is 0.769. The molecule has 3 atom stereocenters. The molecule has 0 bridgehead atoms. The molecule has 2 aliphatic rings. The Kier molecular flexibility index (Phi) is 5.51. The van der Waals surface area contributed by atoms with Crippen molar-refractivity contribution in [3.63, 3.8) is 0 Å². The Morgan fingerprint density at radius 2 is 1.52 bits per heavy atom. The maximum atomic E-state index is 10.1. The zero-order valence-corrected chi connectivity index (χ0v) is 21.6. The number of hydrogen-bond donors (Lipinski definition) is 1. The van der Waals surface area contributed by atoms with Crippen molar-refractivity contribution in [2.24, 2.45) is 11.8 Å². The van der Waals surface area contributed by atoms with Gasteiger partial charge < -0.3 is 9.53 Å². The summed E-state index contributed by atoms with van der Waals surface area (Å²) in [6.45, 7) is 24.4. The van der Waals surface area contributed by atoms with Gasteiger partial charge in [-0.15, -0.1) is 0 Å². The van der Waals surface area contributed by atoms with E-state index < -0.39 is 8.32 Å². The van der Waals surface area contributed by atoms with Crippen molar-refractivity contribution in [3.05, 3.63) is 34.9 Å². The predicted molar refractivity (Wildman–Crippen MR) is 126 cm³/mol. The van der Waals surface area contributed by atoms with Gasteiger partial charge in [-0.3, -0.25) is 0 Å². The van der Waals surface area contributed by atoms with Crippen molar-refractivity contribution >= 4 is 8.32 Å². The lowest BCUT2D eigenvalue weighted by Gasteiger charge is -2.42. The number of rotatable bonds is 5. The highest BCUT2D eigenvalue weighted by molar-refractivity contribution is 6.74. The largest absolute Gasteiger partial charge is 0.417 e. The van der Waals surface area contributed by atoms with Crippen LogP contribution in [0.25, 0.3) is 0 Å². The molecule has 0 amide bonds. The van der Waals surface area contributed by atoms with Crippen molar-refractivity contribution in [1.29, 1.82) is 0 Å². The van der Waals surface area contributed by atoms with E-state index in [-0.39, 0.29) is 27.9 Å². The molecule has 164 valence electrons. The molecule has 0 aromatic heterocycles. The number of benzene rings is 1. The second kappa shape index (κ2) is 6.93. The van der Waals surface area contributed by atoms with Crippen LogP contribution in [0.4, 0.5) is 0 Å².